The number of aromatic hydroxyl groups is 7. The summed E-state index contributed by atoms with van der Waals surface area (Å²) < 4.78 is 26.4. The Bertz CT molecular complexity index is 1540. The molecule has 0 aliphatic carbocycles. The number of phenolic OH excluding ortho intramolecular Hbond substituents is 7. The zero-order valence-corrected chi connectivity index (χ0v) is 22.6. The van der Waals surface area contributed by atoms with Crippen molar-refractivity contribution in [3.63, 3.8) is 0 Å². The molecule has 3 aromatic carbocycles. The third-order valence-electron chi connectivity index (χ3n) is 6.46. The van der Waals surface area contributed by atoms with Crippen molar-refractivity contribution in [2.75, 3.05) is 20.3 Å². The summed E-state index contributed by atoms with van der Waals surface area (Å²) >= 11 is 0. The van der Waals surface area contributed by atoms with Crippen LogP contribution in [-0.2, 0) is 18.9 Å². The fraction of sp³-hybridized carbons (Fsp3) is 0.250. The molecular weight excluding hydrogens is 592 g/mol. The molecule has 3 aromatic rings. The highest BCUT2D eigenvalue weighted by Crippen LogP contribution is 2.37. The molecule has 4 rings (SSSR count). The number of methoxy groups -OCH3 is 1. The molecule has 16 heteroatoms. The van der Waals surface area contributed by atoms with Gasteiger partial charge in [-0.2, -0.15) is 0 Å². The van der Waals surface area contributed by atoms with E-state index in [1.807, 2.05) is 0 Å². The maximum atomic E-state index is 13.0. The van der Waals surface area contributed by atoms with Crippen LogP contribution in [0.3, 0.4) is 0 Å². The van der Waals surface area contributed by atoms with E-state index in [1.54, 1.807) is 0 Å². The molecule has 0 bridgehead atoms. The first kappa shape index (κ1) is 31.3. The van der Waals surface area contributed by atoms with E-state index in [1.165, 1.54) is 13.2 Å². The summed E-state index contributed by atoms with van der Waals surface area (Å²) in [5, 5.41) is 78.7. The van der Waals surface area contributed by atoms with Gasteiger partial charge in [0.25, 0.3) is 0 Å². The van der Waals surface area contributed by atoms with Gasteiger partial charge in [-0.3, -0.25) is 0 Å². The Kier molecular flexibility index (Phi) is 9.06. The molecule has 0 radical (unpaired) electrons. The Labute approximate surface area is 247 Å². The van der Waals surface area contributed by atoms with Gasteiger partial charge in [0.2, 0.25) is 0 Å². The second-order valence-electron chi connectivity index (χ2n) is 9.39. The van der Waals surface area contributed by atoms with E-state index in [0.29, 0.717) is 0 Å². The predicted molar refractivity (Wildman–Crippen MR) is 142 cm³/mol. The van der Waals surface area contributed by atoms with Gasteiger partial charge in [-0.25, -0.2) is 14.4 Å². The number of hydrogen-bond donors (Lipinski definition) is 8. The van der Waals surface area contributed by atoms with Gasteiger partial charge in [-0.15, -0.1) is 0 Å². The molecular formula is C28H26O16. The molecule has 44 heavy (non-hydrogen) atoms. The molecule has 4 atom stereocenters. The summed E-state index contributed by atoms with van der Waals surface area (Å²) in [4.78, 5) is 38.3. The molecule has 1 fully saturated rings. The van der Waals surface area contributed by atoms with Crippen molar-refractivity contribution < 1.29 is 78.9 Å². The van der Waals surface area contributed by atoms with E-state index in [4.69, 9.17) is 23.7 Å². The third kappa shape index (κ3) is 6.55. The number of benzene rings is 3. The van der Waals surface area contributed by atoms with Crippen LogP contribution in [0.1, 0.15) is 31.1 Å². The molecule has 1 heterocycles. The summed E-state index contributed by atoms with van der Waals surface area (Å²) in [5.74, 6) is -8.70. The Balaban J connectivity index is 1.55. The van der Waals surface area contributed by atoms with E-state index < -0.39 is 95.6 Å². The highest BCUT2D eigenvalue weighted by Gasteiger charge is 2.45. The summed E-state index contributed by atoms with van der Waals surface area (Å²) in [6.45, 7) is -1.19. The lowest BCUT2D eigenvalue weighted by Crippen LogP contribution is -2.57. The molecule has 0 saturated carbocycles. The fourth-order valence-corrected chi connectivity index (χ4v) is 4.12. The van der Waals surface area contributed by atoms with E-state index in [-0.39, 0.29) is 22.6 Å². The summed E-state index contributed by atoms with van der Waals surface area (Å²) in [5.41, 5.74) is -0.914. The molecule has 1 aliphatic rings. The number of esters is 3. The van der Waals surface area contributed by atoms with Crippen molar-refractivity contribution >= 4 is 17.9 Å². The molecule has 16 nitrogen and oxygen atoms in total. The maximum absolute atomic E-state index is 13.0. The number of ether oxygens (including phenoxy) is 5. The van der Waals surface area contributed by atoms with Crippen LogP contribution in [0, 0.1) is 0 Å². The van der Waals surface area contributed by atoms with Crippen LogP contribution in [0.25, 0.3) is 0 Å². The minimum Gasteiger partial charge on any atom is -0.504 e. The van der Waals surface area contributed by atoms with Crippen molar-refractivity contribution in [1.29, 1.82) is 0 Å². The number of carbonyl (C=O) groups excluding carboxylic acids is 3. The SMILES string of the molecule is COc1cc(C(=O)OC2C(OC(=O)c3cc(O)c(O)c(O)c3)COC(COC(=O)c3cc(O)c(O)c(O)c3)C2O)ccc1O. The van der Waals surface area contributed by atoms with E-state index in [9.17, 15) is 55.2 Å². The highest BCUT2D eigenvalue weighted by molar-refractivity contribution is 5.92. The van der Waals surface area contributed by atoms with Crippen LogP contribution in [0.15, 0.2) is 42.5 Å². The number of aliphatic hydroxyl groups is 1. The highest BCUT2D eigenvalue weighted by atomic mass is 16.6. The van der Waals surface area contributed by atoms with Gasteiger partial charge in [-0.05, 0) is 42.5 Å². The average Bonchev–Trinajstić information content (AvgIpc) is 2.99. The first-order valence-electron chi connectivity index (χ1n) is 12.6. The minimum atomic E-state index is -1.81. The molecule has 8 N–H and O–H groups in total. The van der Waals surface area contributed by atoms with E-state index >= 15 is 0 Å². The first-order valence-corrected chi connectivity index (χ1v) is 12.6. The van der Waals surface area contributed by atoms with E-state index in [2.05, 4.69) is 0 Å². The van der Waals surface area contributed by atoms with Gasteiger partial charge in [-0.1, -0.05) is 0 Å². The molecule has 4 unspecified atom stereocenters. The maximum Gasteiger partial charge on any atom is 0.338 e. The predicted octanol–water partition coefficient (Wildman–Crippen LogP) is 1.00. The average molecular weight is 619 g/mol. The normalized spacial score (nSPS) is 19.5. The van der Waals surface area contributed by atoms with Crippen molar-refractivity contribution in [1.82, 2.24) is 0 Å². The van der Waals surface area contributed by atoms with Gasteiger partial charge in [0.15, 0.2) is 58.2 Å². The first-order chi connectivity index (χ1) is 20.8. The van der Waals surface area contributed by atoms with Crippen molar-refractivity contribution in [3.8, 4) is 46.0 Å². The summed E-state index contributed by atoms with van der Waals surface area (Å²) in [7, 11) is 1.24. The number of phenols is 7. The minimum absolute atomic E-state index is 0.0713. The lowest BCUT2D eigenvalue weighted by atomic mass is 9.99. The molecule has 0 spiro atoms. The quantitative estimate of drug-likeness (QED) is 0.0994. The number of aliphatic hydroxyl groups excluding tert-OH is 1. The summed E-state index contributed by atoms with van der Waals surface area (Å²) in [6, 6.07) is 6.72. The van der Waals surface area contributed by atoms with Crippen molar-refractivity contribution in [2.24, 2.45) is 0 Å². The standard InChI is InChI=1S/C28H26O16/c1-40-19-8-11(2-3-14(19)29)27(38)44-25-21(43-28(39)13-6-17(32)23(35)18(33)7-13)10-41-20(24(25)36)9-42-26(37)12-4-15(30)22(34)16(31)5-12/h2-8,20-21,24-25,29-36H,9-10H2,1H3. The molecule has 1 aliphatic heterocycles. The molecule has 234 valence electrons. The smallest absolute Gasteiger partial charge is 0.338 e. The lowest BCUT2D eigenvalue weighted by Gasteiger charge is -2.38. The van der Waals surface area contributed by atoms with Gasteiger partial charge in [0, 0.05) is 0 Å². The van der Waals surface area contributed by atoms with Crippen molar-refractivity contribution in [3.05, 3.63) is 59.2 Å². The van der Waals surface area contributed by atoms with Gasteiger partial charge < -0.3 is 64.5 Å². The second kappa shape index (κ2) is 12.7. The van der Waals surface area contributed by atoms with Crippen LogP contribution in [0.5, 0.6) is 46.0 Å². The van der Waals surface area contributed by atoms with Gasteiger partial charge in [0.1, 0.15) is 18.8 Å². The van der Waals surface area contributed by atoms with E-state index in [0.717, 1.165) is 36.4 Å². The number of rotatable bonds is 8. The Morgan fingerprint density at radius 2 is 1.25 bits per heavy atom. The Morgan fingerprint density at radius 1 is 0.727 bits per heavy atom. The largest absolute Gasteiger partial charge is 0.504 e. The Morgan fingerprint density at radius 3 is 1.80 bits per heavy atom. The van der Waals surface area contributed by atoms with Gasteiger partial charge in [0.05, 0.1) is 30.4 Å². The monoisotopic (exact) mass is 618 g/mol. The third-order valence-corrected chi connectivity index (χ3v) is 6.46. The van der Waals surface area contributed by atoms with Crippen LogP contribution in [-0.4, -0.2) is 103 Å². The zero-order valence-electron chi connectivity index (χ0n) is 22.6. The molecule has 1 saturated heterocycles. The van der Waals surface area contributed by atoms with Gasteiger partial charge >= 0.3 is 17.9 Å². The topological polar surface area (TPSA) is 259 Å². The number of carbonyl (C=O) groups is 3. The lowest BCUT2D eigenvalue weighted by molar-refractivity contribution is -0.196. The Hall–Kier alpha value is -5.61. The molecule has 0 amide bonds. The number of hydrogen-bond acceptors (Lipinski definition) is 16. The fourth-order valence-electron chi connectivity index (χ4n) is 4.12. The van der Waals surface area contributed by atoms with Crippen LogP contribution >= 0.6 is 0 Å². The van der Waals surface area contributed by atoms with Crippen LogP contribution < -0.4 is 4.74 Å². The van der Waals surface area contributed by atoms with Crippen LogP contribution in [0.2, 0.25) is 0 Å². The van der Waals surface area contributed by atoms with Crippen LogP contribution in [0.4, 0.5) is 0 Å². The molecule has 0 aromatic heterocycles. The zero-order chi connectivity index (χ0) is 32.3. The second-order valence-corrected chi connectivity index (χ2v) is 9.39. The summed E-state index contributed by atoms with van der Waals surface area (Å²) in [6.07, 6.45) is -6.34. The van der Waals surface area contributed by atoms with Crippen molar-refractivity contribution in [2.45, 2.75) is 24.4 Å².